The van der Waals surface area contributed by atoms with Crippen molar-refractivity contribution in [2.75, 3.05) is 0 Å². The zero-order chi connectivity index (χ0) is 21.3. The summed E-state index contributed by atoms with van der Waals surface area (Å²) in [6, 6.07) is 8.66. The largest absolute Gasteiger partial charge is 0.471 e. The van der Waals surface area contributed by atoms with E-state index < -0.39 is 12.1 Å². The SMILES string of the molecule is Cc1cn(CC(=O)NCc2cccnc2)c2cc(-c3noc(C(F)(F)F)n3)ccc12. The fraction of sp³-hybridized carbons (Fsp3) is 0.200. The van der Waals surface area contributed by atoms with Crippen LogP contribution in [0.4, 0.5) is 13.2 Å². The molecule has 1 aromatic carbocycles. The van der Waals surface area contributed by atoms with Gasteiger partial charge in [-0.15, -0.1) is 0 Å². The topological polar surface area (TPSA) is 85.8 Å². The van der Waals surface area contributed by atoms with E-state index >= 15 is 0 Å². The smallest absolute Gasteiger partial charge is 0.350 e. The van der Waals surface area contributed by atoms with E-state index in [9.17, 15) is 18.0 Å². The van der Waals surface area contributed by atoms with Gasteiger partial charge in [0, 0.05) is 41.6 Å². The second-order valence-corrected chi connectivity index (χ2v) is 6.73. The fourth-order valence-electron chi connectivity index (χ4n) is 3.12. The number of aromatic nitrogens is 4. The Hall–Kier alpha value is -3.69. The minimum Gasteiger partial charge on any atom is -0.350 e. The molecule has 7 nitrogen and oxygen atoms in total. The number of nitrogens with one attached hydrogen (secondary N) is 1. The van der Waals surface area contributed by atoms with Crippen molar-refractivity contribution in [3.63, 3.8) is 0 Å². The van der Waals surface area contributed by atoms with E-state index in [1.165, 1.54) is 0 Å². The maximum absolute atomic E-state index is 12.7. The van der Waals surface area contributed by atoms with Gasteiger partial charge in [0.1, 0.15) is 6.54 Å². The molecule has 1 amide bonds. The Morgan fingerprint density at radius 3 is 2.80 bits per heavy atom. The number of hydrogen-bond acceptors (Lipinski definition) is 5. The van der Waals surface area contributed by atoms with Crippen LogP contribution in [0.2, 0.25) is 0 Å². The molecule has 0 aliphatic carbocycles. The first kappa shape index (κ1) is 19.6. The highest BCUT2D eigenvalue weighted by Crippen LogP contribution is 2.31. The molecule has 0 saturated heterocycles. The number of halogens is 3. The highest BCUT2D eigenvalue weighted by Gasteiger charge is 2.38. The summed E-state index contributed by atoms with van der Waals surface area (Å²) in [6.07, 6.45) is 0.426. The number of aryl methyl sites for hydroxylation is 1. The normalized spacial score (nSPS) is 11.7. The van der Waals surface area contributed by atoms with Crippen molar-refractivity contribution in [3.8, 4) is 11.4 Å². The molecule has 3 aromatic heterocycles. The van der Waals surface area contributed by atoms with Gasteiger partial charge in [-0.3, -0.25) is 9.78 Å². The number of amides is 1. The summed E-state index contributed by atoms with van der Waals surface area (Å²) in [4.78, 5) is 19.8. The van der Waals surface area contributed by atoms with Crippen LogP contribution in [0.15, 0.2) is 53.4 Å². The van der Waals surface area contributed by atoms with Gasteiger partial charge in [-0.05, 0) is 30.2 Å². The van der Waals surface area contributed by atoms with Crippen LogP contribution in [-0.2, 0) is 24.1 Å². The van der Waals surface area contributed by atoms with E-state index in [0.717, 1.165) is 16.5 Å². The number of hydrogen-bond donors (Lipinski definition) is 1. The molecule has 4 aromatic rings. The van der Waals surface area contributed by atoms with Crippen LogP contribution in [-0.4, -0.2) is 25.6 Å². The lowest BCUT2D eigenvalue weighted by Gasteiger charge is -2.08. The van der Waals surface area contributed by atoms with Gasteiger partial charge >= 0.3 is 12.1 Å². The van der Waals surface area contributed by atoms with E-state index in [0.29, 0.717) is 17.6 Å². The van der Waals surface area contributed by atoms with Gasteiger partial charge in [-0.2, -0.15) is 18.2 Å². The number of rotatable bonds is 5. The van der Waals surface area contributed by atoms with Crippen LogP contribution in [0.25, 0.3) is 22.3 Å². The molecular formula is C20H16F3N5O2. The van der Waals surface area contributed by atoms with Crippen LogP contribution in [0.5, 0.6) is 0 Å². The molecule has 10 heteroatoms. The number of fused-ring (bicyclic) bond motifs is 1. The third-order valence-electron chi connectivity index (χ3n) is 4.53. The summed E-state index contributed by atoms with van der Waals surface area (Å²) in [6.45, 7) is 2.29. The van der Waals surface area contributed by atoms with E-state index in [4.69, 9.17) is 0 Å². The lowest BCUT2D eigenvalue weighted by molar-refractivity contribution is -0.159. The number of benzene rings is 1. The van der Waals surface area contributed by atoms with Gasteiger partial charge in [0.25, 0.3) is 0 Å². The van der Waals surface area contributed by atoms with Crippen LogP contribution >= 0.6 is 0 Å². The third-order valence-corrected chi connectivity index (χ3v) is 4.53. The Bertz CT molecular complexity index is 1200. The van der Waals surface area contributed by atoms with Crippen molar-refractivity contribution in [2.45, 2.75) is 26.2 Å². The van der Waals surface area contributed by atoms with Gasteiger partial charge < -0.3 is 14.4 Å². The summed E-state index contributed by atoms with van der Waals surface area (Å²) in [7, 11) is 0. The molecule has 0 aliphatic rings. The predicted molar refractivity (Wildman–Crippen MR) is 101 cm³/mol. The number of pyridine rings is 1. The van der Waals surface area contributed by atoms with Crippen LogP contribution < -0.4 is 5.32 Å². The minimum atomic E-state index is -4.71. The summed E-state index contributed by atoms with van der Waals surface area (Å²) in [5.41, 5.74) is 2.84. The molecule has 30 heavy (non-hydrogen) atoms. The van der Waals surface area contributed by atoms with Crippen LogP contribution in [0.3, 0.4) is 0 Å². The van der Waals surface area contributed by atoms with Crippen molar-refractivity contribution in [3.05, 3.63) is 65.9 Å². The Balaban J connectivity index is 1.57. The van der Waals surface area contributed by atoms with Crippen molar-refractivity contribution < 1.29 is 22.5 Å². The second kappa shape index (κ2) is 7.62. The Morgan fingerprint density at radius 1 is 1.27 bits per heavy atom. The molecular weight excluding hydrogens is 399 g/mol. The molecule has 0 spiro atoms. The van der Waals surface area contributed by atoms with E-state index in [2.05, 4.69) is 25.0 Å². The highest BCUT2D eigenvalue weighted by molar-refractivity contribution is 5.89. The monoisotopic (exact) mass is 415 g/mol. The minimum absolute atomic E-state index is 0.0497. The second-order valence-electron chi connectivity index (χ2n) is 6.73. The van der Waals surface area contributed by atoms with Crippen molar-refractivity contribution in [2.24, 2.45) is 0 Å². The number of carbonyl (C=O) groups excluding carboxylic acids is 1. The predicted octanol–water partition coefficient (Wildman–Crippen LogP) is 3.73. The first-order valence-corrected chi connectivity index (χ1v) is 8.97. The maximum atomic E-state index is 12.7. The van der Waals surface area contributed by atoms with Crippen molar-refractivity contribution in [1.29, 1.82) is 0 Å². The van der Waals surface area contributed by atoms with Crippen LogP contribution in [0, 0.1) is 6.92 Å². The lowest BCUT2D eigenvalue weighted by atomic mass is 10.1. The number of carbonyl (C=O) groups is 1. The molecule has 0 fully saturated rings. The quantitative estimate of drug-likeness (QED) is 0.537. The van der Waals surface area contributed by atoms with Gasteiger partial charge in [0.05, 0.1) is 0 Å². The van der Waals surface area contributed by atoms with Gasteiger partial charge in [0.15, 0.2) is 0 Å². The first-order valence-electron chi connectivity index (χ1n) is 8.97. The van der Waals surface area contributed by atoms with Gasteiger partial charge in [-0.25, -0.2) is 0 Å². The molecule has 0 unspecified atom stereocenters. The van der Waals surface area contributed by atoms with E-state index in [1.807, 2.05) is 19.2 Å². The summed E-state index contributed by atoms with van der Waals surface area (Å²) in [5, 5.41) is 7.12. The standard InChI is InChI=1S/C20H16F3N5O2/c1-12-10-28(11-17(29)25-9-13-3-2-6-24-8-13)16-7-14(4-5-15(12)16)18-26-19(30-27-18)20(21,22)23/h2-8,10H,9,11H2,1H3,(H,25,29). The first-order chi connectivity index (χ1) is 14.3. The molecule has 0 bridgehead atoms. The Kier molecular flexibility index (Phi) is 4.98. The molecule has 0 radical (unpaired) electrons. The molecule has 3 heterocycles. The Labute approximate surface area is 168 Å². The molecule has 0 saturated carbocycles. The van der Waals surface area contributed by atoms with Gasteiger partial charge in [0.2, 0.25) is 11.7 Å². The molecule has 4 rings (SSSR count). The summed E-state index contributed by atoms with van der Waals surface area (Å²) in [5.74, 6) is -1.78. The van der Waals surface area contributed by atoms with Crippen molar-refractivity contribution >= 4 is 16.8 Å². The fourth-order valence-corrected chi connectivity index (χ4v) is 3.12. The molecule has 1 N–H and O–H groups in total. The van der Waals surface area contributed by atoms with Crippen LogP contribution in [0.1, 0.15) is 17.0 Å². The number of alkyl halides is 3. The number of nitrogens with zero attached hydrogens (tertiary/aromatic N) is 4. The molecule has 0 atom stereocenters. The zero-order valence-corrected chi connectivity index (χ0v) is 15.8. The summed E-state index contributed by atoms with van der Waals surface area (Å²) >= 11 is 0. The molecule has 154 valence electrons. The van der Waals surface area contributed by atoms with Gasteiger partial charge in [-0.1, -0.05) is 23.4 Å². The van der Waals surface area contributed by atoms with E-state index in [1.54, 1.807) is 41.2 Å². The molecule has 0 aliphatic heterocycles. The third kappa shape index (κ3) is 4.02. The van der Waals surface area contributed by atoms with Crippen molar-refractivity contribution in [1.82, 2.24) is 25.0 Å². The Morgan fingerprint density at radius 2 is 2.10 bits per heavy atom. The summed E-state index contributed by atoms with van der Waals surface area (Å²) < 4.78 is 44.2. The van der Waals surface area contributed by atoms with E-state index in [-0.39, 0.29) is 18.3 Å². The highest BCUT2D eigenvalue weighted by atomic mass is 19.4. The average molecular weight is 415 g/mol. The lowest BCUT2D eigenvalue weighted by Crippen LogP contribution is -2.26. The zero-order valence-electron chi connectivity index (χ0n) is 15.8. The average Bonchev–Trinajstić information content (AvgIpc) is 3.33. The maximum Gasteiger partial charge on any atom is 0.471 e.